The summed E-state index contributed by atoms with van der Waals surface area (Å²) in [7, 11) is 0. The topological polar surface area (TPSA) is 33.8 Å². The van der Waals surface area contributed by atoms with Crippen LogP contribution in [0.3, 0.4) is 0 Å². The van der Waals surface area contributed by atoms with Gasteiger partial charge in [-0.15, -0.1) is 4.91 Å². The van der Waals surface area contributed by atoms with Gasteiger partial charge >= 0.3 is 0 Å². The monoisotopic (exact) mass is 202 g/mol. The average molecular weight is 202 g/mol. The third-order valence-corrected chi connectivity index (χ3v) is 2.55. The van der Waals surface area contributed by atoms with Crippen LogP contribution in [-0.4, -0.2) is 4.40 Å². The van der Waals surface area contributed by atoms with Gasteiger partial charge in [0.1, 0.15) is 0 Å². The number of hydrogen-bond acceptors (Lipinski definition) is 2. The number of nitrogens with zero attached hydrogens (tertiary/aromatic N) is 2. The van der Waals surface area contributed by atoms with Gasteiger partial charge in [-0.3, -0.25) is 4.40 Å². The lowest BCUT2D eigenvalue weighted by Gasteiger charge is -2.16. The van der Waals surface area contributed by atoms with Crippen LogP contribution < -0.4 is 0 Å². The van der Waals surface area contributed by atoms with Gasteiger partial charge in [-0.1, -0.05) is 26.8 Å². The second-order valence-corrected chi connectivity index (χ2v) is 4.72. The van der Waals surface area contributed by atoms with E-state index in [0.717, 1.165) is 11.1 Å². The summed E-state index contributed by atoms with van der Waals surface area (Å²) in [5.74, 6) is 0.512. The molecule has 0 unspecified atom stereocenters. The van der Waals surface area contributed by atoms with E-state index in [-0.39, 0.29) is 5.41 Å². The predicted molar refractivity (Wildman–Crippen MR) is 61.6 cm³/mol. The quantitative estimate of drug-likeness (QED) is 0.650. The van der Waals surface area contributed by atoms with Crippen molar-refractivity contribution in [1.29, 1.82) is 0 Å². The zero-order valence-electron chi connectivity index (χ0n) is 9.19. The molecular weight excluding hydrogens is 188 g/mol. The van der Waals surface area contributed by atoms with Gasteiger partial charge < -0.3 is 0 Å². The van der Waals surface area contributed by atoms with Gasteiger partial charge in [0.25, 0.3) is 0 Å². The molecule has 3 heteroatoms. The Morgan fingerprint density at radius 3 is 2.60 bits per heavy atom. The van der Waals surface area contributed by atoms with Gasteiger partial charge in [0.15, 0.2) is 5.82 Å². The smallest absolute Gasteiger partial charge is 0.185 e. The molecule has 0 N–H and O–H groups in total. The van der Waals surface area contributed by atoms with Crippen molar-refractivity contribution >= 4 is 11.3 Å². The highest BCUT2D eigenvalue weighted by Crippen LogP contribution is 2.34. The summed E-state index contributed by atoms with van der Waals surface area (Å²) in [5.41, 5.74) is 1.94. The number of aromatic nitrogens is 1. The maximum atomic E-state index is 10.9. The first-order valence-electron chi connectivity index (χ1n) is 4.98. The molecule has 2 heterocycles. The summed E-state index contributed by atoms with van der Waals surface area (Å²) >= 11 is 0. The van der Waals surface area contributed by atoms with Crippen molar-refractivity contribution in [3.8, 4) is 0 Å². The Morgan fingerprint density at radius 2 is 2.00 bits per heavy atom. The number of nitroso groups, excluding NO2 is 1. The summed E-state index contributed by atoms with van der Waals surface area (Å²) < 4.78 is 1.83. The molecule has 78 valence electrons. The van der Waals surface area contributed by atoms with Crippen molar-refractivity contribution in [2.75, 3.05) is 0 Å². The SMILES string of the molecule is CC(C)(C)c1cc2ccccn2c1N=O. The number of hydrogen-bond donors (Lipinski definition) is 0. The Kier molecular flexibility index (Phi) is 2.11. The lowest BCUT2D eigenvalue weighted by molar-refractivity contribution is 0.592. The highest BCUT2D eigenvalue weighted by molar-refractivity contribution is 5.62. The van der Waals surface area contributed by atoms with Crippen molar-refractivity contribution < 1.29 is 0 Å². The summed E-state index contributed by atoms with van der Waals surface area (Å²) in [5, 5.41) is 3.14. The summed E-state index contributed by atoms with van der Waals surface area (Å²) in [6, 6.07) is 7.85. The Morgan fingerprint density at radius 1 is 1.27 bits per heavy atom. The van der Waals surface area contributed by atoms with E-state index in [2.05, 4.69) is 25.9 Å². The minimum atomic E-state index is -0.0603. The van der Waals surface area contributed by atoms with Crippen molar-refractivity contribution in [2.24, 2.45) is 5.18 Å². The molecule has 0 fully saturated rings. The van der Waals surface area contributed by atoms with Gasteiger partial charge in [-0.2, -0.15) is 0 Å². The summed E-state index contributed by atoms with van der Waals surface area (Å²) in [6.45, 7) is 6.24. The number of rotatable bonds is 1. The Bertz CT molecular complexity index is 506. The minimum absolute atomic E-state index is 0.0603. The Labute approximate surface area is 88.7 Å². The van der Waals surface area contributed by atoms with E-state index in [4.69, 9.17) is 0 Å². The molecule has 0 aliphatic carbocycles. The average Bonchev–Trinajstić information content (AvgIpc) is 2.55. The highest BCUT2D eigenvalue weighted by atomic mass is 16.3. The molecule has 0 saturated heterocycles. The van der Waals surface area contributed by atoms with Crippen molar-refractivity contribution in [1.82, 2.24) is 4.40 Å². The second-order valence-electron chi connectivity index (χ2n) is 4.72. The number of pyridine rings is 1. The predicted octanol–water partition coefficient (Wildman–Crippen LogP) is 3.63. The molecule has 15 heavy (non-hydrogen) atoms. The molecule has 2 aromatic heterocycles. The zero-order valence-corrected chi connectivity index (χ0v) is 9.19. The molecule has 2 rings (SSSR count). The van der Waals surface area contributed by atoms with E-state index < -0.39 is 0 Å². The molecule has 0 amide bonds. The molecule has 3 nitrogen and oxygen atoms in total. The van der Waals surface area contributed by atoms with E-state index in [9.17, 15) is 4.91 Å². The normalized spacial score (nSPS) is 11.9. The fraction of sp³-hybridized carbons (Fsp3) is 0.333. The number of fused-ring (bicyclic) bond motifs is 1. The summed E-state index contributed by atoms with van der Waals surface area (Å²) in [4.78, 5) is 10.9. The van der Waals surface area contributed by atoms with Crippen molar-refractivity contribution in [3.05, 3.63) is 40.9 Å². The van der Waals surface area contributed by atoms with Crippen LogP contribution in [0.25, 0.3) is 5.52 Å². The van der Waals surface area contributed by atoms with Crippen LogP contribution in [0.4, 0.5) is 5.82 Å². The Hall–Kier alpha value is -1.64. The van der Waals surface area contributed by atoms with Gasteiger partial charge in [0.05, 0.1) is 0 Å². The molecule has 0 spiro atoms. The zero-order chi connectivity index (χ0) is 11.1. The van der Waals surface area contributed by atoms with E-state index in [1.165, 1.54) is 0 Å². The maximum Gasteiger partial charge on any atom is 0.185 e. The first-order valence-corrected chi connectivity index (χ1v) is 4.98. The first-order chi connectivity index (χ1) is 7.04. The van der Waals surface area contributed by atoms with E-state index in [0.29, 0.717) is 5.82 Å². The van der Waals surface area contributed by atoms with Gasteiger partial charge in [-0.25, -0.2) is 0 Å². The molecule has 2 aromatic rings. The highest BCUT2D eigenvalue weighted by Gasteiger charge is 2.22. The largest absolute Gasteiger partial charge is 0.299 e. The molecule has 0 bridgehead atoms. The van der Waals surface area contributed by atoms with Crippen LogP contribution in [0.1, 0.15) is 26.3 Å². The van der Waals surface area contributed by atoms with Crippen LogP contribution in [0.2, 0.25) is 0 Å². The molecule has 0 radical (unpaired) electrons. The van der Waals surface area contributed by atoms with Crippen molar-refractivity contribution in [2.45, 2.75) is 26.2 Å². The molecule has 0 atom stereocenters. The lowest BCUT2D eigenvalue weighted by Crippen LogP contribution is -2.09. The molecule has 0 aliphatic heterocycles. The van der Waals surface area contributed by atoms with Crippen LogP contribution in [-0.2, 0) is 5.41 Å². The summed E-state index contributed by atoms with van der Waals surface area (Å²) in [6.07, 6.45) is 1.86. The van der Waals surface area contributed by atoms with E-state index in [1.807, 2.05) is 34.9 Å². The third kappa shape index (κ3) is 1.54. The van der Waals surface area contributed by atoms with E-state index >= 15 is 0 Å². The van der Waals surface area contributed by atoms with Gasteiger partial charge in [0, 0.05) is 17.3 Å². The minimum Gasteiger partial charge on any atom is -0.299 e. The van der Waals surface area contributed by atoms with Crippen LogP contribution in [0, 0.1) is 4.91 Å². The fourth-order valence-corrected chi connectivity index (χ4v) is 1.75. The molecule has 0 aliphatic rings. The van der Waals surface area contributed by atoms with Crippen LogP contribution >= 0.6 is 0 Å². The van der Waals surface area contributed by atoms with Crippen LogP contribution in [0.15, 0.2) is 35.6 Å². The second kappa shape index (κ2) is 3.19. The van der Waals surface area contributed by atoms with Gasteiger partial charge in [0.2, 0.25) is 0 Å². The van der Waals surface area contributed by atoms with Gasteiger partial charge in [-0.05, 0) is 28.8 Å². The van der Waals surface area contributed by atoms with Crippen molar-refractivity contribution in [3.63, 3.8) is 0 Å². The third-order valence-electron chi connectivity index (χ3n) is 2.55. The standard InChI is InChI=1S/C12H14N2O/c1-12(2,3)10-8-9-6-4-5-7-14(9)11(10)13-15/h4-8H,1-3H3. The maximum absolute atomic E-state index is 10.9. The first kappa shape index (κ1) is 9.90. The lowest BCUT2D eigenvalue weighted by atomic mass is 9.88. The Balaban J connectivity index is 2.81. The van der Waals surface area contributed by atoms with E-state index in [1.54, 1.807) is 0 Å². The fourth-order valence-electron chi connectivity index (χ4n) is 1.75. The molecule has 0 aromatic carbocycles. The molecular formula is C12H14N2O. The molecule has 0 saturated carbocycles. The van der Waals surface area contributed by atoms with Crippen LogP contribution in [0.5, 0.6) is 0 Å².